The summed E-state index contributed by atoms with van der Waals surface area (Å²) < 4.78 is 24.0. The van der Waals surface area contributed by atoms with E-state index in [2.05, 4.69) is 0 Å². The van der Waals surface area contributed by atoms with Gasteiger partial charge in [0.05, 0.1) is 10.8 Å². The van der Waals surface area contributed by atoms with E-state index in [-0.39, 0.29) is 10.8 Å². The van der Waals surface area contributed by atoms with Crippen molar-refractivity contribution >= 4 is 33.5 Å². The number of carboxylic acid groups (broad SMARTS) is 1. The van der Waals surface area contributed by atoms with Gasteiger partial charge in [-0.05, 0) is 12.1 Å². The molecule has 1 amide bonds. The first-order chi connectivity index (χ1) is 9.92. The number of thioether (sulfide) groups is 1. The molecule has 1 aliphatic rings. The first-order valence-electron chi connectivity index (χ1n) is 6.01. The van der Waals surface area contributed by atoms with Crippen LogP contribution >= 0.6 is 11.8 Å². The Labute approximate surface area is 126 Å². The predicted octanol–water partition coefficient (Wildman–Crippen LogP) is 0.960. The summed E-state index contributed by atoms with van der Waals surface area (Å²) >= 11 is 1.32. The summed E-state index contributed by atoms with van der Waals surface area (Å²) in [7, 11) is -3.70. The van der Waals surface area contributed by atoms with E-state index in [0.717, 1.165) is 16.4 Å². The number of benzene rings is 1. The minimum atomic E-state index is -3.70. The molecule has 112 valence electrons. The van der Waals surface area contributed by atoms with Crippen LogP contribution in [-0.2, 0) is 19.4 Å². The van der Waals surface area contributed by atoms with Crippen LogP contribution in [0.15, 0.2) is 46.7 Å². The number of nitrogens with zero attached hydrogens (tertiary/aromatic N) is 1. The molecule has 8 heteroatoms. The lowest BCUT2D eigenvalue weighted by Gasteiger charge is -2.18. The molecule has 1 aromatic rings. The van der Waals surface area contributed by atoms with Crippen molar-refractivity contribution in [2.75, 3.05) is 11.6 Å². The molecule has 0 spiro atoms. The number of sulfone groups is 1. The molecule has 1 aliphatic heterocycles. The zero-order valence-electron chi connectivity index (χ0n) is 10.9. The molecular formula is C13H13NO5S2. The standard InChI is InChI=1S/C13H13NO5S2/c15-12(14-9-20-8-11(14)13(16)17)6-7-21(18,19)10-4-2-1-3-5-10/h1-7,11H,8-9H2,(H,16,17)/b7-6+/t11-/m0/s1. The summed E-state index contributed by atoms with van der Waals surface area (Å²) in [6.07, 6.45) is 0.907. The van der Waals surface area contributed by atoms with Crippen molar-refractivity contribution in [1.82, 2.24) is 4.90 Å². The molecule has 0 aliphatic carbocycles. The maximum absolute atomic E-state index is 12.0. The second-order valence-corrected chi connectivity index (χ2v) is 7.16. The summed E-state index contributed by atoms with van der Waals surface area (Å²) in [5.41, 5.74) is 0. The summed E-state index contributed by atoms with van der Waals surface area (Å²) in [5.74, 6) is -1.16. The molecule has 1 heterocycles. The molecule has 6 nitrogen and oxygen atoms in total. The molecule has 0 saturated carbocycles. The van der Waals surface area contributed by atoms with E-state index < -0.39 is 27.8 Å². The van der Waals surface area contributed by atoms with Gasteiger partial charge in [-0.1, -0.05) is 18.2 Å². The highest BCUT2D eigenvalue weighted by Crippen LogP contribution is 2.21. The molecular weight excluding hydrogens is 314 g/mol. The van der Waals surface area contributed by atoms with Crippen LogP contribution in [0.25, 0.3) is 0 Å². The third-order valence-corrected chi connectivity index (χ3v) is 5.35. The third kappa shape index (κ3) is 3.64. The minimum Gasteiger partial charge on any atom is -0.480 e. The van der Waals surface area contributed by atoms with E-state index in [1.165, 1.54) is 23.9 Å². The van der Waals surface area contributed by atoms with Gasteiger partial charge in [0.15, 0.2) is 9.84 Å². The van der Waals surface area contributed by atoms with Gasteiger partial charge >= 0.3 is 5.97 Å². The normalized spacial score (nSPS) is 19.0. The van der Waals surface area contributed by atoms with Gasteiger partial charge in [0.1, 0.15) is 6.04 Å². The van der Waals surface area contributed by atoms with Crippen molar-refractivity contribution in [1.29, 1.82) is 0 Å². The van der Waals surface area contributed by atoms with Crippen LogP contribution in [0.1, 0.15) is 0 Å². The summed E-state index contributed by atoms with van der Waals surface area (Å²) in [6, 6.07) is 6.80. The van der Waals surface area contributed by atoms with E-state index in [9.17, 15) is 18.0 Å². The van der Waals surface area contributed by atoms with Gasteiger partial charge in [0, 0.05) is 17.2 Å². The quantitative estimate of drug-likeness (QED) is 0.828. The van der Waals surface area contributed by atoms with Crippen molar-refractivity contribution in [3.63, 3.8) is 0 Å². The molecule has 1 aromatic carbocycles. The molecule has 1 saturated heterocycles. The molecule has 1 N–H and O–H groups in total. The third-order valence-electron chi connectivity index (χ3n) is 2.91. The largest absolute Gasteiger partial charge is 0.480 e. The van der Waals surface area contributed by atoms with Crippen LogP contribution in [0.2, 0.25) is 0 Å². The number of hydrogen-bond donors (Lipinski definition) is 1. The summed E-state index contributed by atoms with van der Waals surface area (Å²) in [5, 5.41) is 9.80. The number of carbonyl (C=O) groups excluding carboxylic acids is 1. The van der Waals surface area contributed by atoms with Crippen molar-refractivity contribution in [2.45, 2.75) is 10.9 Å². The first kappa shape index (κ1) is 15.6. The Balaban J connectivity index is 2.14. The Morgan fingerprint density at radius 2 is 1.95 bits per heavy atom. The fraction of sp³-hybridized carbons (Fsp3) is 0.231. The Morgan fingerprint density at radius 1 is 1.29 bits per heavy atom. The van der Waals surface area contributed by atoms with Gasteiger partial charge in [-0.15, -0.1) is 11.8 Å². The SMILES string of the molecule is O=C(O)[C@@H]1CSCN1C(=O)/C=C/S(=O)(=O)c1ccccc1. The summed E-state index contributed by atoms with van der Waals surface area (Å²) in [4.78, 5) is 24.2. The highest BCUT2D eigenvalue weighted by molar-refractivity contribution is 7.99. The maximum Gasteiger partial charge on any atom is 0.327 e. The number of amides is 1. The van der Waals surface area contributed by atoms with Gasteiger partial charge in [0.2, 0.25) is 5.91 Å². The van der Waals surface area contributed by atoms with Gasteiger partial charge in [-0.25, -0.2) is 13.2 Å². The minimum absolute atomic E-state index is 0.0830. The van der Waals surface area contributed by atoms with E-state index in [1.807, 2.05) is 0 Å². The highest BCUT2D eigenvalue weighted by Gasteiger charge is 2.33. The van der Waals surface area contributed by atoms with Crippen LogP contribution in [0, 0.1) is 0 Å². The molecule has 2 rings (SSSR count). The topological polar surface area (TPSA) is 91.8 Å². The molecule has 1 atom stereocenters. The van der Waals surface area contributed by atoms with E-state index in [4.69, 9.17) is 5.11 Å². The summed E-state index contributed by atoms with van der Waals surface area (Å²) in [6.45, 7) is 0. The van der Waals surface area contributed by atoms with E-state index in [1.54, 1.807) is 18.2 Å². The lowest BCUT2D eigenvalue weighted by Crippen LogP contribution is -2.40. The zero-order valence-corrected chi connectivity index (χ0v) is 12.5. The number of aliphatic carboxylic acids is 1. The van der Waals surface area contributed by atoms with Crippen LogP contribution in [0.4, 0.5) is 0 Å². The fourth-order valence-electron chi connectivity index (χ4n) is 1.80. The maximum atomic E-state index is 12.0. The highest BCUT2D eigenvalue weighted by atomic mass is 32.2. The van der Waals surface area contributed by atoms with Crippen molar-refractivity contribution in [2.24, 2.45) is 0 Å². The average molecular weight is 327 g/mol. The van der Waals surface area contributed by atoms with Gasteiger partial charge in [0.25, 0.3) is 0 Å². The Kier molecular flexibility index (Phi) is 4.69. The average Bonchev–Trinajstić information content (AvgIpc) is 2.95. The van der Waals surface area contributed by atoms with Crippen molar-refractivity contribution < 1.29 is 23.1 Å². The monoisotopic (exact) mass is 327 g/mol. The first-order valence-corrected chi connectivity index (χ1v) is 8.71. The second kappa shape index (κ2) is 6.31. The van der Waals surface area contributed by atoms with E-state index >= 15 is 0 Å². The zero-order chi connectivity index (χ0) is 15.5. The molecule has 0 aromatic heterocycles. The Morgan fingerprint density at radius 3 is 2.57 bits per heavy atom. The number of hydrogen-bond acceptors (Lipinski definition) is 5. The number of carboxylic acids is 1. The van der Waals surface area contributed by atoms with Crippen LogP contribution in [0.3, 0.4) is 0 Å². The van der Waals surface area contributed by atoms with Gasteiger partial charge in [-0.3, -0.25) is 4.79 Å². The number of rotatable bonds is 4. The van der Waals surface area contributed by atoms with Gasteiger partial charge in [-0.2, -0.15) is 0 Å². The van der Waals surface area contributed by atoms with Gasteiger partial charge < -0.3 is 10.0 Å². The Bertz CT molecular complexity index is 669. The van der Waals surface area contributed by atoms with E-state index in [0.29, 0.717) is 5.75 Å². The lowest BCUT2D eigenvalue weighted by atomic mass is 10.3. The molecule has 1 fully saturated rings. The van der Waals surface area contributed by atoms with Crippen LogP contribution < -0.4 is 0 Å². The molecule has 21 heavy (non-hydrogen) atoms. The van der Waals surface area contributed by atoms with Crippen LogP contribution in [0.5, 0.6) is 0 Å². The van der Waals surface area contributed by atoms with Crippen molar-refractivity contribution in [3.05, 3.63) is 41.8 Å². The fourth-order valence-corrected chi connectivity index (χ4v) is 3.94. The predicted molar refractivity (Wildman–Crippen MR) is 78.4 cm³/mol. The lowest BCUT2D eigenvalue weighted by molar-refractivity contribution is -0.146. The second-order valence-electron chi connectivity index (χ2n) is 4.32. The van der Waals surface area contributed by atoms with Crippen molar-refractivity contribution in [3.8, 4) is 0 Å². The molecule has 0 unspecified atom stereocenters. The molecule has 0 radical (unpaired) electrons. The smallest absolute Gasteiger partial charge is 0.327 e. The Hall–Kier alpha value is -1.80. The molecule has 0 bridgehead atoms. The number of carbonyl (C=O) groups is 2. The van der Waals surface area contributed by atoms with Crippen LogP contribution in [-0.4, -0.2) is 48.0 Å².